The molecular formula is C26H31N3O3. The molecule has 0 saturated carbocycles. The molecule has 0 unspecified atom stereocenters. The van der Waals surface area contributed by atoms with Crippen molar-refractivity contribution in [3.8, 4) is 0 Å². The van der Waals surface area contributed by atoms with Gasteiger partial charge in [0.25, 0.3) is 5.91 Å². The zero-order chi connectivity index (χ0) is 23.1. The lowest BCUT2D eigenvalue weighted by Gasteiger charge is -2.25. The van der Waals surface area contributed by atoms with Gasteiger partial charge in [-0.15, -0.1) is 0 Å². The van der Waals surface area contributed by atoms with Crippen LogP contribution in [-0.4, -0.2) is 34.6 Å². The van der Waals surface area contributed by atoms with Gasteiger partial charge in [-0.3, -0.25) is 14.6 Å². The molecule has 0 bridgehead atoms. The summed E-state index contributed by atoms with van der Waals surface area (Å²) in [4.78, 5) is 28.7. The van der Waals surface area contributed by atoms with E-state index in [0.717, 1.165) is 28.3 Å². The smallest absolute Gasteiger partial charge is 0.305 e. The Morgan fingerprint density at radius 3 is 2.38 bits per heavy atom. The van der Waals surface area contributed by atoms with E-state index in [1.807, 2.05) is 55.5 Å². The molecule has 6 nitrogen and oxygen atoms in total. The Bertz CT molecular complexity index is 1060. The molecule has 1 heterocycles. The van der Waals surface area contributed by atoms with Crippen LogP contribution in [-0.2, 0) is 4.79 Å². The molecule has 3 aromatic rings. The molecule has 0 aliphatic heterocycles. The minimum absolute atomic E-state index is 0.0301. The molecule has 0 aliphatic rings. The number of hydrogen-bond acceptors (Lipinski definition) is 4. The van der Waals surface area contributed by atoms with Crippen LogP contribution in [0.1, 0.15) is 54.3 Å². The summed E-state index contributed by atoms with van der Waals surface area (Å²) in [5, 5.41) is 17.8. The van der Waals surface area contributed by atoms with Gasteiger partial charge in [-0.2, -0.15) is 0 Å². The largest absolute Gasteiger partial charge is 0.481 e. The number of pyridine rings is 1. The van der Waals surface area contributed by atoms with Crippen molar-refractivity contribution in [2.24, 2.45) is 5.92 Å². The number of carbonyl (C=O) groups is 2. The quantitative estimate of drug-likeness (QED) is 0.438. The molecule has 0 radical (unpaired) electrons. The first-order valence-electron chi connectivity index (χ1n) is 11.0. The summed E-state index contributed by atoms with van der Waals surface area (Å²) < 4.78 is 0. The highest BCUT2D eigenvalue weighted by Gasteiger charge is 2.20. The number of aromatic nitrogens is 1. The van der Waals surface area contributed by atoms with E-state index in [-0.39, 0.29) is 24.4 Å². The topological polar surface area (TPSA) is 91.3 Å². The first-order valence-corrected chi connectivity index (χ1v) is 11.0. The number of rotatable bonds is 10. The van der Waals surface area contributed by atoms with Crippen molar-refractivity contribution < 1.29 is 14.7 Å². The summed E-state index contributed by atoms with van der Waals surface area (Å²) >= 11 is 0. The number of aryl methyl sites for hydroxylation is 1. The van der Waals surface area contributed by atoms with E-state index < -0.39 is 5.97 Å². The SMILES string of the molecule is Cc1ccc([C@H](CC(=O)O)NC[C@H](CC(C)C)NC(=O)c2cc3ccccc3cn2)cc1. The summed E-state index contributed by atoms with van der Waals surface area (Å²) in [5.41, 5.74) is 2.41. The number of aliphatic carboxylic acids is 1. The van der Waals surface area contributed by atoms with Crippen LogP contribution in [0.25, 0.3) is 10.8 Å². The summed E-state index contributed by atoms with van der Waals surface area (Å²) in [6.45, 7) is 6.66. The van der Waals surface area contributed by atoms with Crippen LogP contribution in [0.3, 0.4) is 0 Å². The summed E-state index contributed by atoms with van der Waals surface area (Å²) in [5.74, 6) is -0.731. The van der Waals surface area contributed by atoms with E-state index in [1.165, 1.54) is 0 Å². The summed E-state index contributed by atoms with van der Waals surface area (Å²) in [6.07, 6.45) is 2.44. The maximum atomic E-state index is 12.9. The van der Waals surface area contributed by atoms with E-state index >= 15 is 0 Å². The minimum Gasteiger partial charge on any atom is -0.481 e. The van der Waals surface area contributed by atoms with Crippen LogP contribution in [0, 0.1) is 12.8 Å². The van der Waals surface area contributed by atoms with Gasteiger partial charge in [0.15, 0.2) is 0 Å². The second-order valence-electron chi connectivity index (χ2n) is 8.69. The second kappa shape index (κ2) is 10.9. The Kier molecular flexibility index (Phi) is 7.95. The van der Waals surface area contributed by atoms with Crippen LogP contribution < -0.4 is 10.6 Å². The van der Waals surface area contributed by atoms with Crippen LogP contribution in [0.15, 0.2) is 60.8 Å². The fourth-order valence-electron chi connectivity index (χ4n) is 3.80. The fourth-order valence-corrected chi connectivity index (χ4v) is 3.80. The standard InChI is InChI=1S/C26H31N3O3/c1-17(2)12-22(16-28-23(14-25(30)31)19-10-8-18(3)9-11-19)29-26(32)24-13-20-6-4-5-7-21(20)15-27-24/h4-11,13,15,17,22-23,28H,12,14,16H2,1-3H3,(H,29,32)(H,30,31)/t22-,23-/m0/s1. The third kappa shape index (κ3) is 6.62. The lowest BCUT2D eigenvalue weighted by molar-refractivity contribution is -0.137. The number of amides is 1. The second-order valence-corrected chi connectivity index (χ2v) is 8.69. The van der Waals surface area contributed by atoms with Crippen molar-refractivity contribution in [2.45, 2.75) is 45.7 Å². The van der Waals surface area contributed by atoms with Crippen LogP contribution in [0.5, 0.6) is 0 Å². The number of hydrogen-bond donors (Lipinski definition) is 3. The van der Waals surface area contributed by atoms with Crippen LogP contribution >= 0.6 is 0 Å². The maximum absolute atomic E-state index is 12.9. The van der Waals surface area contributed by atoms with Gasteiger partial charge >= 0.3 is 5.97 Å². The molecular weight excluding hydrogens is 402 g/mol. The van der Waals surface area contributed by atoms with Gasteiger partial charge in [-0.1, -0.05) is 67.9 Å². The Hall–Kier alpha value is -3.25. The van der Waals surface area contributed by atoms with Gasteiger partial charge in [-0.05, 0) is 36.3 Å². The zero-order valence-electron chi connectivity index (χ0n) is 18.8. The molecule has 0 fully saturated rings. The van der Waals surface area contributed by atoms with Crippen molar-refractivity contribution >= 4 is 22.6 Å². The monoisotopic (exact) mass is 433 g/mol. The molecule has 2 atom stereocenters. The molecule has 3 rings (SSSR count). The third-order valence-electron chi connectivity index (χ3n) is 5.42. The first kappa shape index (κ1) is 23.4. The van der Waals surface area contributed by atoms with Crippen molar-refractivity contribution in [1.29, 1.82) is 0 Å². The Morgan fingerprint density at radius 1 is 1.03 bits per heavy atom. The molecule has 32 heavy (non-hydrogen) atoms. The van der Waals surface area contributed by atoms with Gasteiger partial charge in [0, 0.05) is 30.2 Å². The van der Waals surface area contributed by atoms with Crippen molar-refractivity contribution in [2.75, 3.05) is 6.54 Å². The van der Waals surface area contributed by atoms with Gasteiger partial charge in [0.05, 0.1) is 6.42 Å². The highest BCUT2D eigenvalue weighted by Crippen LogP contribution is 2.19. The average molecular weight is 434 g/mol. The zero-order valence-corrected chi connectivity index (χ0v) is 18.8. The molecule has 0 saturated heterocycles. The first-order chi connectivity index (χ1) is 15.3. The number of benzene rings is 2. The molecule has 1 amide bonds. The minimum atomic E-state index is -0.868. The molecule has 2 aromatic carbocycles. The molecule has 0 spiro atoms. The lowest BCUT2D eigenvalue weighted by atomic mass is 10.00. The van der Waals surface area contributed by atoms with E-state index in [1.54, 1.807) is 12.3 Å². The molecule has 1 aromatic heterocycles. The number of carboxylic acid groups (broad SMARTS) is 1. The third-order valence-corrected chi connectivity index (χ3v) is 5.42. The van der Waals surface area contributed by atoms with Crippen molar-refractivity contribution in [1.82, 2.24) is 15.6 Å². The number of carboxylic acids is 1. The molecule has 3 N–H and O–H groups in total. The normalized spacial score (nSPS) is 13.1. The Balaban J connectivity index is 1.71. The lowest BCUT2D eigenvalue weighted by Crippen LogP contribution is -2.44. The Morgan fingerprint density at radius 2 is 1.72 bits per heavy atom. The van der Waals surface area contributed by atoms with E-state index in [9.17, 15) is 14.7 Å². The molecule has 168 valence electrons. The predicted octanol–water partition coefficient (Wildman–Crippen LogP) is 4.49. The number of nitrogens with zero attached hydrogens (tertiary/aromatic N) is 1. The molecule has 0 aliphatic carbocycles. The van der Waals surface area contributed by atoms with Gasteiger partial charge in [0.1, 0.15) is 5.69 Å². The number of nitrogens with one attached hydrogen (secondary N) is 2. The predicted molar refractivity (Wildman–Crippen MR) is 127 cm³/mol. The fraction of sp³-hybridized carbons (Fsp3) is 0.346. The van der Waals surface area contributed by atoms with E-state index in [2.05, 4.69) is 29.5 Å². The van der Waals surface area contributed by atoms with E-state index in [4.69, 9.17) is 0 Å². The summed E-state index contributed by atoms with van der Waals surface area (Å²) in [6, 6.07) is 17.0. The maximum Gasteiger partial charge on any atom is 0.305 e. The number of carbonyl (C=O) groups excluding carboxylic acids is 1. The Labute approximate surface area is 189 Å². The van der Waals surface area contributed by atoms with Crippen LogP contribution in [0.4, 0.5) is 0 Å². The van der Waals surface area contributed by atoms with Gasteiger partial charge in [0.2, 0.25) is 0 Å². The van der Waals surface area contributed by atoms with Gasteiger partial charge in [-0.25, -0.2) is 0 Å². The molecule has 6 heteroatoms. The average Bonchev–Trinajstić information content (AvgIpc) is 2.76. The van der Waals surface area contributed by atoms with Crippen molar-refractivity contribution in [3.05, 3.63) is 77.6 Å². The van der Waals surface area contributed by atoms with Crippen LogP contribution in [0.2, 0.25) is 0 Å². The number of fused-ring (bicyclic) bond motifs is 1. The van der Waals surface area contributed by atoms with Gasteiger partial charge < -0.3 is 15.7 Å². The summed E-state index contributed by atoms with van der Waals surface area (Å²) in [7, 11) is 0. The van der Waals surface area contributed by atoms with Crippen molar-refractivity contribution in [3.63, 3.8) is 0 Å². The van der Waals surface area contributed by atoms with E-state index in [0.29, 0.717) is 18.2 Å². The highest BCUT2D eigenvalue weighted by atomic mass is 16.4. The highest BCUT2D eigenvalue weighted by molar-refractivity contribution is 5.96.